The maximum absolute atomic E-state index is 12.5. The normalized spacial score (nSPS) is 25.9. The molecular weight excluding hydrogens is 262 g/mol. The first kappa shape index (κ1) is 14.4. The van der Waals surface area contributed by atoms with Gasteiger partial charge < -0.3 is 15.5 Å². The largest absolute Gasteiger partial charge is 0.324 e. The Balaban J connectivity index is 1.64. The fourth-order valence-corrected chi connectivity index (χ4v) is 3.69. The summed E-state index contributed by atoms with van der Waals surface area (Å²) in [4.78, 5) is 14.5. The van der Waals surface area contributed by atoms with E-state index in [-0.39, 0.29) is 6.03 Å². The molecule has 0 bridgehead atoms. The Bertz CT molecular complexity index is 503. The molecule has 114 valence electrons. The maximum Gasteiger partial charge on any atom is 0.321 e. The number of nitrogens with zero attached hydrogens (tertiary/aromatic N) is 1. The molecule has 3 rings (SSSR count). The molecule has 1 aromatic rings. The van der Waals surface area contributed by atoms with Crippen LogP contribution in [0.4, 0.5) is 10.5 Å². The summed E-state index contributed by atoms with van der Waals surface area (Å²) in [5, 5.41) is 6.54. The molecule has 4 heteroatoms. The molecule has 21 heavy (non-hydrogen) atoms. The van der Waals surface area contributed by atoms with Crippen LogP contribution in [-0.2, 0) is 0 Å². The van der Waals surface area contributed by atoms with Gasteiger partial charge in [-0.15, -0.1) is 0 Å². The number of aryl methyl sites for hydroxylation is 1. The first-order valence-corrected chi connectivity index (χ1v) is 8.00. The van der Waals surface area contributed by atoms with E-state index in [4.69, 9.17) is 0 Å². The third kappa shape index (κ3) is 3.38. The molecule has 0 saturated carbocycles. The number of rotatable bonds is 1. The highest BCUT2D eigenvalue weighted by molar-refractivity contribution is 5.89. The molecule has 1 unspecified atom stereocenters. The summed E-state index contributed by atoms with van der Waals surface area (Å²) in [7, 11) is 0. The van der Waals surface area contributed by atoms with E-state index in [0.29, 0.717) is 5.41 Å². The van der Waals surface area contributed by atoms with Crippen LogP contribution >= 0.6 is 0 Å². The lowest BCUT2D eigenvalue weighted by molar-refractivity contribution is 0.0861. The number of amides is 2. The predicted octanol–water partition coefficient (Wildman–Crippen LogP) is 2.99. The first-order valence-electron chi connectivity index (χ1n) is 8.00. The summed E-state index contributed by atoms with van der Waals surface area (Å²) in [6, 6.07) is 8.03. The minimum Gasteiger partial charge on any atom is -0.324 e. The molecule has 0 aromatic heterocycles. The van der Waals surface area contributed by atoms with Crippen LogP contribution < -0.4 is 10.6 Å². The van der Waals surface area contributed by atoms with E-state index in [0.717, 1.165) is 38.3 Å². The fourth-order valence-electron chi connectivity index (χ4n) is 3.69. The van der Waals surface area contributed by atoms with Crippen LogP contribution in [0.3, 0.4) is 0 Å². The fraction of sp³-hybridized carbons (Fsp3) is 0.588. The van der Waals surface area contributed by atoms with Gasteiger partial charge in [0.2, 0.25) is 0 Å². The molecule has 1 spiro atoms. The Kier molecular flexibility index (Phi) is 4.15. The molecule has 0 radical (unpaired) electrons. The van der Waals surface area contributed by atoms with E-state index in [1.165, 1.54) is 24.8 Å². The average molecular weight is 287 g/mol. The molecule has 2 aliphatic rings. The molecule has 2 saturated heterocycles. The van der Waals surface area contributed by atoms with Crippen LogP contribution in [0.25, 0.3) is 0 Å². The van der Waals surface area contributed by atoms with Crippen LogP contribution in [0.2, 0.25) is 0 Å². The monoisotopic (exact) mass is 287 g/mol. The average Bonchev–Trinajstić information content (AvgIpc) is 2.48. The molecule has 1 aromatic carbocycles. The third-order valence-corrected chi connectivity index (χ3v) is 4.78. The second-order valence-corrected chi connectivity index (χ2v) is 6.61. The Hall–Kier alpha value is -1.55. The number of benzene rings is 1. The van der Waals surface area contributed by atoms with Crippen LogP contribution in [0.1, 0.15) is 31.2 Å². The van der Waals surface area contributed by atoms with Crippen LogP contribution in [0.15, 0.2) is 24.3 Å². The van der Waals surface area contributed by atoms with Crippen molar-refractivity contribution in [2.24, 2.45) is 5.41 Å². The molecular formula is C17H25N3O. The molecule has 0 aliphatic carbocycles. The van der Waals surface area contributed by atoms with E-state index < -0.39 is 0 Å². The van der Waals surface area contributed by atoms with Crippen molar-refractivity contribution in [1.29, 1.82) is 0 Å². The maximum atomic E-state index is 12.5. The lowest BCUT2D eigenvalue weighted by Gasteiger charge is -2.45. The Labute approximate surface area is 126 Å². The van der Waals surface area contributed by atoms with Crippen LogP contribution in [0, 0.1) is 12.3 Å². The summed E-state index contributed by atoms with van der Waals surface area (Å²) in [6.07, 6.45) is 4.83. The van der Waals surface area contributed by atoms with Crippen LogP contribution in [-0.4, -0.2) is 37.1 Å². The molecule has 2 amide bonds. The van der Waals surface area contributed by atoms with Gasteiger partial charge in [0.15, 0.2) is 0 Å². The van der Waals surface area contributed by atoms with E-state index in [1.807, 2.05) is 36.1 Å². The highest BCUT2D eigenvalue weighted by Crippen LogP contribution is 2.36. The lowest BCUT2D eigenvalue weighted by Crippen LogP contribution is -2.53. The second-order valence-electron chi connectivity index (χ2n) is 6.61. The van der Waals surface area contributed by atoms with Gasteiger partial charge in [0.25, 0.3) is 0 Å². The predicted molar refractivity (Wildman–Crippen MR) is 85.5 cm³/mol. The second kappa shape index (κ2) is 6.06. The van der Waals surface area contributed by atoms with Crippen molar-refractivity contribution in [3.63, 3.8) is 0 Å². The quantitative estimate of drug-likeness (QED) is 0.834. The van der Waals surface area contributed by atoms with Crippen molar-refractivity contribution in [3.8, 4) is 0 Å². The van der Waals surface area contributed by atoms with Crippen molar-refractivity contribution < 1.29 is 4.79 Å². The van der Waals surface area contributed by atoms with Crippen molar-refractivity contribution in [2.45, 2.75) is 32.6 Å². The highest BCUT2D eigenvalue weighted by Gasteiger charge is 2.37. The third-order valence-electron chi connectivity index (χ3n) is 4.78. The zero-order valence-corrected chi connectivity index (χ0v) is 12.8. The van der Waals surface area contributed by atoms with Gasteiger partial charge in [-0.25, -0.2) is 4.79 Å². The number of anilines is 1. The summed E-state index contributed by atoms with van der Waals surface area (Å²) in [5.41, 5.74) is 2.36. The first-order chi connectivity index (χ1) is 10.2. The van der Waals surface area contributed by atoms with Crippen molar-refractivity contribution in [2.75, 3.05) is 31.5 Å². The zero-order chi connectivity index (χ0) is 14.7. The van der Waals surface area contributed by atoms with Gasteiger partial charge in [-0.3, -0.25) is 0 Å². The Morgan fingerprint density at radius 2 is 2.19 bits per heavy atom. The van der Waals surface area contributed by atoms with Crippen molar-refractivity contribution >= 4 is 11.7 Å². The van der Waals surface area contributed by atoms with E-state index >= 15 is 0 Å². The zero-order valence-electron chi connectivity index (χ0n) is 12.8. The summed E-state index contributed by atoms with van der Waals surface area (Å²) >= 11 is 0. The highest BCUT2D eigenvalue weighted by atomic mass is 16.2. The summed E-state index contributed by atoms with van der Waals surface area (Å²) in [6.45, 7) is 5.98. The van der Waals surface area contributed by atoms with Gasteiger partial charge in [-0.05, 0) is 56.8 Å². The number of piperidine rings is 2. The number of nitrogens with one attached hydrogen (secondary N) is 2. The number of likely N-dealkylation sites (tertiary alicyclic amines) is 1. The van der Waals surface area contributed by atoms with Gasteiger partial charge in [0.1, 0.15) is 0 Å². The number of carbonyl (C=O) groups excluding carboxylic acids is 1. The topological polar surface area (TPSA) is 44.4 Å². The molecule has 2 aliphatic heterocycles. The van der Waals surface area contributed by atoms with Crippen molar-refractivity contribution in [1.82, 2.24) is 10.2 Å². The van der Waals surface area contributed by atoms with Gasteiger partial charge >= 0.3 is 6.03 Å². The number of carbonyl (C=O) groups is 1. The summed E-state index contributed by atoms with van der Waals surface area (Å²) < 4.78 is 0. The summed E-state index contributed by atoms with van der Waals surface area (Å²) in [5.74, 6) is 0. The van der Waals surface area contributed by atoms with Crippen molar-refractivity contribution in [3.05, 3.63) is 29.8 Å². The number of urea groups is 1. The Morgan fingerprint density at radius 3 is 2.95 bits per heavy atom. The molecule has 2 fully saturated rings. The van der Waals surface area contributed by atoms with E-state index in [2.05, 4.69) is 10.6 Å². The van der Waals surface area contributed by atoms with Gasteiger partial charge in [-0.1, -0.05) is 12.1 Å². The minimum atomic E-state index is 0.0465. The lowest BCUT2D eigenvalue weighted by atomic mass is 9.74. The van der Waals surface area contributed by atoms with Gasteiger partial charge in [0.05, 0.1) is 0 Å². The molecule has 1 atom stereocenters. The van der Waals surface area contributed by atoms with Crippen LogP contribution in [0.5, 0.6) is 0 Å². The SMILES string of the molecule is Cc1cccc(NC(=O)N2CCCC3(CCCNC3)C2)c1. The number of hydrogen-bond donors (Lipinski definition) is 2. The van der Waals surface area contributed by atoms with E-state index in [1.54, 1.807) is 0 Å². The van der Waals surface area contributed by atoms with E-state index in [9.17, 15) is 4.79 Å². The standard InChI is InChI=1S/C17H25N3O/c1-14-5-2-6-15(11-14)19-16(21)20-10-4-8-17(13-20)7-3-9-18-12-17/h2,5-6,11,18H,3-4,7-10,12-13H2,1H3,(H,19,21). The smallest absolute Gasteiger partial charge is 0.321 e. The van der Waals surface area contributed by atoms with Gasteiger partial charge in [-0.2, -0.15) is 0 Å². The number of hydrogen-bond acceptors (Lipinski definition) is 2. The molecule has 2 N–H and O–H groups in total. The molecule has 4 nitrogen and oxygen atoms in total. The Morgan fingerprint density at radius 1 is 1.33 bits per heavy atom. The minimum absolute atomic E-state index is 0.0465. The van der Waals surface area contributed by atoms with Gasteiger partial charge in [0, 0.05) is 30.7 Å². The molecule has 2 heterocycles.